The van der Waals surface area contributed by atoms with Crippen LogP contribution in [0, 0.1) is 12.3 Å². The number of rotatable bonds is 4. The molecule has 0 atom stereocenters. The molecule has 2 fully saturated rings. The fourth-order valence-corrected chi connectivity index (χ4v) is 4.32. The molecule has 0 bridgehead atoms. The van der Waals surface area contributed by atoms with Crippen LogP contribution in [0.2, 0.25) is 0 Å². The molecule has 2 aliphatic rings. The first-order valence-electron chi connectivity index (χ1n) is 9.69. The summed E-state index contributed by atoms with van der Waals surface area (Å²) in [5.41, 5.74) is 3.19. The first-order valence-corrected chi connectivity index (χ1v) is 9.69. The van der Waals surface area contributed by atoms with Crippen molar-refractivity contribution in [2.45, 2.75) is 45.7 Å². The van der Waals surface area contributed by atoms with Crippen molar-refractivity contribution < 1.29 is 0 Å². The number of guanidine groups is 1. The number of halogens is 1. The van der Waals surface area contributed by atoms with E-state index in [1.165, 1.54) is 43.4 Å². The van der Waals surface area contributed by atoms with Gasteiger partial charge in [0.1, 0.15) is 5.82 Å². The number of aliphatic imine (C=N–C) groups is 1. The van der Waals surface area contributed by atoms with Crippen LogP contribution in [0.1, 0.15) is 42.6 Å². The Morgan fingerprint density at radius 1 is 1.26 bits per heavy atom. The zero-order valence-corrected chi connectivity index (χ0v) is 18.6. The molecule has 1 aromatic heterocycles. The minimum absolute atomic E-state index is 0. The Morgan fingerprint density at radius 3 is 2.70 bits per heavy atom. The van der Waals surface area contributed by atoms with Crippen molar-refractivity contribution in [3.63, 3.8) is 0 Å². The molecule has 0 amide bonds. The predicted octanol–water partition coefficient (Wildman–Crippen LogP) is 3.81. The van der Waals surface area contributed by atoms with Gasteiger partial charge in [-0.15, -0.1) is 24.0 Å². The van der Waals surface area contributed by atoms with Crippen molar-refractivity contribution in [2.24, 2.45) is 10.4 Å². The van der Waals surface area contributed by atoms with Crippen LogP contribution in [0.15, 0.2) is 41.7 Å². The third-order valence-electron chi connectivity index (χ3n) is 6.08. The quantitative estimate of drug-likeness (QED) is 0.412. The molecule has 27 heavy (non-hydrogen) atoms. The molecule has 1 saturated carbocycles. The van der Waals surface area contributed by atoms with Gasteiger partial charge in [-0.3, -0.25) is 4.99 Å². The van der Waals surface area contributed by atoms with Gasteiger partial charge in [-0.05, 0) is 42.7 Å². The fourth-order valence-electron chi connectivity index (χ4n) is 4.32. The Bertz CT molecular complexity index is 793. The molecule has 1 aliphatic carbocycles. The zero-order valence-electron chi connectivity index (χ0n) is 16.3. The van der Waals surface area contributed by atoms with Gasteiger partial charge in [0, 0.05) is 45.6 Å². The van der Waals surface area contributed by atoms with Gasteiger partial charge in [0.15, 0.2) is 5.96 Å². The lowest BCUT2D eigenvalue weighted by atomic mass is 9.68. The predicted molar refractivity (Wildman–Crippen MR) is 121 cm³/mol. The number of hydrogen-bond donors (Lipinski definition) is 1. The van der Waals surface area contributed by atoms with Crippen LogP contribution in [-0.4, -0.2) is 40.5 Å². The van der Waals surface area contributed by atoms with Gasteiger partial charge < -0.3 is 14.8 Å². The lowest BCUT2D eigenvalue weighted by Gasteiger charge is -2.38. The first-order chi connectivity index (χ1) is 12.7. The molecule has 1 saturated heterocycles. The highest BCUT2D eigenvalue weighted by Gasteiger charge is 2.43. The lowest BCUT2D eigenvalue weighted by molar-refractivity contribution is 0.151. The molecule has 4 rings (SSSR count). The third-order valence-corrected chi connectivity index (χ3v) is 6.08. The summed E-state index contributed by atoms with van der Waals surface area (Å²) in [5, 5.41) is 3.57. The van der Waals surface area contributed by atoms with E-state index < -0.39 is 0 Å². The maximum atomic E-state index is 4.52. The number of aromatic nitrogens is 2. The number of benzene rings is 1. The fraction of sp³-hybridized carbons (Fsp3) is 0.524. The Labute approximate surface area is 179 Å². The molecule has 6 heteroatoms. The molecular formula is C21H30IN5. The third kappa shape index (κ3) is 4.47. The van der Waals surface area contributed by atoms with Crippen LogP contribution >= 0.6 is 24.0 Å². The second kappa shape index (κ2) is 8.63. The van der Waals surface area contributed by atoms with Crippen molar-refractivity contribution in [3.8, 4) is 0 Å². The van der Waals surface area contributed by atoms with E-state index in [9.17, 15) is 0 Å². The standard InChI is InChI=1S/C21H29N5.HI/c1-17-23-10-12-25(17)15-19-6-3-5-18(13-19)14-24-20(22-2)26-11-9-21(16-26)7-4-8-21;/h3,5-6,10,12-13H,4,7-9,11,14-16H2,1-2H3,(H,22,24);1H. The molecule has 1 N–H and O–H groups in total. The molecule has 1 aliphatic heterocycles. The van der Waals surface area contributed by atoms with Gasteiger partial charge in [-0.1, -0.05) is 30.7 Å². The van der Waals surface area contributed by atoms with Gasteiger partial charge in [-0.25, -0.2) is 4.98 Å². The Balaban J connectivity index is 0.00000210. The van der Waals surface area contributed by atoms with Crippen LogP contribution in [-0.2, 0) is 13.1 Å². The summed E-state index contributed by atoms with van der Waals surface area (Å²) in [6.45, 7) is 6.03. The lowest BCUT2D eigenvalue weighted by Crippen LogP contribution is -2.42. The average molecular weight is 479 g/mol. The van der Waals surface area contributed by atoms with Crippen LogP contribution < -0.4 is 5.32 Å². The molecule has 5 nitrogen and oxygen atoms in total. The van der Waals surface area contributed by atoms with Crippen molar-refractivity contribution in [1.29, 1.82) is 0 Å². The first kappa shape index (κ1) is 20.2. The van der Waals surface area contributed by atoms with Gasteiger partial charge in [0.25, 0.3) is 0 Å². The Kier molecular flexibility index (Phi) is 6.44. The summed E-state index contributed by atoms with van der Waals surface area (Å²) in [6, 6.07) is 8.78. The van der Waals surface area contributed by atoms with E-state index in [1.807, 2.05) is 26.4 Å². The number of aryl methyl sites for hydroxylation is 1. The summed E-state index contributed by atoms with van der Waals surface area (Å²) in [4.78, 5) is 11.3. The van der Waals surface area contributed by atoms with Crippen molar-refractivity contribution in [3.05, 3.63) is 53.6 Å². The van der Waals surface area contributed by atoms with Gasteiger partial charge in [0.2, 0.25) is 0 Å². The van der Waals surface area contributed by atoms with Crippen molar-refractivity contribution in [2.75, 3.05) is 20.1 Å². The molecule has 0 unspecified atom stereocenters. The van der Waals surface area contributed by atoms with Crippen LogP contribution in [0.5, 0.6) is 0 Å². The summed E-state index contributed by atoms with van der Waals surface area (Å²) in [7, 11) is 1.90. The summed E-state index contributed by atoms with van der Waals surface area (Å²) in [5.74, 6) is 2.09. The molecule has 0 radical (unpaired) electrons. The molecular weight excluding hydrogens is 449 g/mol. The number of likely N-dealkylation sites (tertiary alicyclic amines) is 1. The minimum Gasteiger partial charge on any atom is -0.352 e. The number of nitrogens with zero attached hydrogens (tertiary/aromatic N) is 4. The van der Waals surface area contributed by atoms with E-state index in [0.29, 0.717) is 5.41 Å². The molecule has 1 aromatic carbocycles. The van der Waals surface area contributed by atoms with Crippen LogP contribution in [0.3, 0.4) is 0 Å². The Morgan fingerprint density at radius 2 is 2.07 bits per heavy atom. The summed E-state index contributed by atoms with van der Waals surface area (Å²) in [6.07, 6.45) is 9.42. The van der Waals surface area contributed by atoms with Gasteiger partial charge in [0.05, 0.1) is 0 Å². The summed E-state index contributed by atoms with van der Waals surface area (Å²) >= 11 is 0. The highest BCUT2D eigenvalue weighted by molar-refractivity contribution is 14.0. The largest absolute Gasteiger partial charge is 0.352 e. The number of hydrogen-bond acceptors (Lipinski definition) is 2. The normalized spacial score (nSPS) is 18.3. The van der Waals surface area contributed by atoms with Crippen LogP contribution in [0.4, 0.5) is 0 Å². The molecule has 1 spiro atoms. The van der Waals surface area contributed by atoms with Crippen molar-refractivity contribution in [1.82, 2.24) is 19.8 Å². The summed E-state index contributed by atoms with van der Waals surface area (Å²) < 4.78 is 2.17. The maximum Gasteiger partial charge on any atom is 0.193 e. The highest BCUT2D eigenvalue weighted by atomic mass is 127. The molecule has 2 heterocycles. The molecule has 146 valence electrons. The SMILES string of the molecule is CN=C(NCc1cccc(Cn2ccnc2C)c1)N1CCC2(CCC2)C1.I. The van der Waals surface area contributed by atoms with E-state index in [0.717, 1.165) is 31.4 Å². The zero-order chi connectivity index (χ0) is 18.0. The smallest absolute Gasteiger partial charge is 0.193 e. The number of nitrogens with one attached hydrogen (secondary N) is 1. The second-order valence-electron chi connectivity index (χ2n) is 7.85. The van der Waals surface area contributed by atoms with Gasteiger partial charge in [-0.2, -0.15) is 0 Å². The monoisotopic (exact) mass is 479 g/mol. The van der Waals surface area contributed by atoms with E-state index in [4.69, 9.17) is 0 Å². The van der Waals surface area contributed by atoms with E-state index in [2.05, 4.69) is 49.0 Å². The Hall–Kier alpha value is -1.57. The van der Waals surface area contributed by atoms with E-state index in [1.54, 1.807) is 0 Å². The van der Waals surface area contributed by atoms with E-state index >= 15 is 0 Å². The second-order valence-corrected chi connectivity index (χ2v) is 7.85. The van der Waals surface area contributed by atoms with Crippen molar-refractivity contribution >= 4 is 29.9 Å². The molecule has 2 aromatic rings. The highest BCUT2D eigenvalue weighted by Crippen LogP contribution is 2.47. The topological polar surface area (TPSA) is 45.5 Å². The van der Waals surface area contributed by atoms with Crippen LogP contribution in [0.25, 0.3) is 0 Å². The average Bonchev–Trinajstić information content (AvgIpc) is 3.23. The van der Waals surface area contributed by atoms with E-state index in [-0.39, 0.29) is 24.0 Å². The van der Waals surface area contributed by atoms with Gasteiger partial charge >= 0.3 is 0 Å². The minimum atomic E-state index is 0. The maximum absolute atomic E-state index is 4.52. The number of imidazole rings is 1.